The molecule has 0 spiro atoms. The van der Waals surface area contributed by atoms with Gasteiger partial charge in [0.25, 0.3) is 0 Å². The highest BCUT2D eigenvalue weighted by Gasteiger charge is 2.21. The second-order valence-electron chi connectivity index (χ2n) is 4.40. The first-order chi connectivity index (χ1) is 8.49. The highest BCUT2D eigenvalue weighted by molar-refractivity contribution is 9.10. The molecule has 1 atom stereocenters. The Morgan fingerprint density at radius 2 is 2.28 bits per heavy atom. The lowest BCUT2D eigenvalue weighted by atomic mass is 10.2. The molecule has 1 heterocycles. The van der Waals surface area contributed by atoms with Crippen molar-refractivity contribution in [2.75, 3.05) is 12.3 Å². The van der Waals surface area contributed by atoms with Crippen molar-refractivity contribution >= 4 is 37.7 Å². The van der Waals surface area contributed by atoms with E-state index in [1.807, 2.05) is 30.8 Å². The number of hydrogen-bond acceptors (Lipinski definition) is 3. The molecule has 0 aliphatic carbocycles. The molecule has 2 rings (SSSR count). The van der Waals surface area contributed by atoms with Gasteiger partial charge >= 0.3 is 0 Å². The Labute approximate surface area is 121 Å². The maximum Gasteiger partial charge on any atom is 0.240 e. The van der Waals surface area contributed by atoms with Crippen LogP contribution in [-0.4, -0.2) is 26.0 Å². The summed E-state index contributed by atoms with van der Waals surface area (Å²) in [6, 6.07) is 5.31. The Bertz CT molecular complexity index is 525. The maximum atomic E-state index is 12.2. The summed E-state index contributed by atoms with van der Waals surface area (Å²) in [4.78, 5) is 0.361. The summed E-state index contributed by atoms with van der Waals surface area (Å²) < 4.78 is 27.9. The average Bonchev–Trinajstić information content (AvgIpc) is 2.83. The molecule has 18 heavy (non-hydrogen) atoms. The first-order valence-corrected chi connectivity index (χ1v) is 9.19. The van der Waals surface area contributed by atoms with Crippen molar-refractivity contribution in [3.05, 3.63) is 28.2 Å². The van der Waals surface area contributed by atoms with Gasteiger partial charge in [-0.05, 0) is 43.2 Å². The number of aryl methyl sites for hydroxylation is 1. The van der Waals surface area contributed by atoms with Crippen LogP contribution in [0, 0.1) is 6.92 Å². The van der Waals surface area contributed by atoms with Crippen molar-refractivity contribution in [3.63, 3.8) is 0 Å². The quantitative estimate of drug-likeness (QED) is 0.908. The van der Waals surface area contributed by atoms with Gasteiger partial charge in [-0.25, -0.2) is 13.1 Å². The molecule has 1 saturated heterocycles. The summed E-state index contributed by atoms with van der Waals surface area (Å²) in [6.07, 6.45) is 2.29. The molecular weight excluding hydrogens is 334 g/mol. The molecule has 1 unspecified atom stereocenters. The van der Waals surface area contributed by atoms with Crippen LogP contribution in [-0.2, 0) is 10.0 Å². The molecule has 0 aromatic heterocycles. The van der Waals surface area contributed by atoms with Gasteiger partial charge in [-0.1, -0.05) is 22.0 Å². The fraction of sp³-hybridized carbons (Fsp3) is 0.500. The second kappa shape index (κ2) is 5.94. The Balaban J connectivity index is 2.12. The highest BCUT2D eigenvalue weighted by atomic mass is 79.9. The second-order valence-corrected chi connectivity index (χ2v) is 8.46. The predicted octanol–water partition coefficient (Wildman–Crippen LogP) is 2.93. The van der Waals surface area contributed by atoms with E-state index in [9.17, 15) is 8.42 Å². The van der Waals surface area contributed by atoms with E-state index in [-0.39, 0.29) is 0 Å². The van der Waals surface area contributed by atoms with Crippen LogP contribution in [0.3, 0.4) is 0 Å². The average molecular weight is 350 g/mol. The molecule has 100 valence electrons. The third-order valence-electron chi connectivity index (χ3n) is 2.96. The Kier molecular flexibility index (Phi) is 4.75. The summed E-state index contributed by atoms with van der Waals surface area (Å²) in [5, 5.41) is 0.423. The topological polar surface area (TPSA) is 46.2 Å². The lowest BCUT2D eigenvalue weighted by Crippen LogP contribution is -2.30. The first kappa shape index (κ1) is 14.4. The zero-order valence-electron chi connectivity index (χ0n) is 10.1. The molecule has 6 heteroatoms. The largest absolute Gasteiger partial charge is 0.240 e. The van der Waals surface area contributed by atoms with Gasteiger partial charge in [-0.2, -0.15) is 11.8 Å². The van der Waals surface area contributed by atoms with Crippen LogP contribution in [0.5, 0.6) is 0 Å². The lowest BCUT2D eigenvalue weighted by molar-refractivity contribution is 0.578. The lowest BCUT2D eigenvalue weighted by Gasteiger charge is -2.12. The zero-order valence-corrected chi connectivity index (χ0v) is 13.4. The molecule has 3 nitrogen and oxygen atoms in total. The number of benzene rings is 1. The van der Waals surface area contributed by atoms with Crippen LogP contribution < -0.4 is 4.72 Å². The fourth-order valence-corrected chi connectivity index (χ4v) is 5.12. The molecule has 0 saturated carbocycles. The Hall–Kier alpha value is -0.0400. The summed E-state index contributed by atoms with van der Waals surface area (Å²) in [6.45, 7) is 2.34. The van der Waals surface area contributed by atoms with Crippen molar-refractivity contribution in [2.24, 2.45) is 0 Å². The van der Waals surface area contributed by atoms with Crippen LogP contribution in [0.25, 0.3) is 0 Å². The van der Waals surface area contributed by atoms with E-state index in [1.54, 1.807) is 6.07 Å². The van der Waals surface area contributed by atoms with E-state index >= 15 is 0 Å². The standard InChI is InChI=1S/C12H16BrNO2S2/c1-9-4-5-10(13)7-12(9)18(15,16)14-8-11-3-2-6-17-11/h4-5,7,11,14H,2-3,6,8H2,1H3. The van der Waals surface area contributed by atoms with Gasteiger partial charge in [-0.15, -0.1) is 0 Å². The molecule has 0 bridgehead atoms. The number of thioether (sulfide) groups is 1. The SMILES string of the molecule is Cc1ccc(Br)cc1S(=O)(=O)NCC1CCCS1. The van der Waals surface area contributed by atoms with E-state index in [0.29, 0.717) is 16.7 Å². The smallest absolute Gasteiger partial charge is 0.210 e. The van der Waals surface area contributed by atoms with Crippen LogP contribution >= 0.6 is 27.7 Å². The van der Waals surface area contributed by atoms with Gasteiger partial charge in [0.15, 0.2) is 0 Å². The van der Waals surface area contributed by atoms with Gasteiger partial charge in [0.05, 0.1) is 4.90 Å². The van der Waals surface area contributed by atoms with Crippen LogP contribution in [0.1, 0.15) is 18.4 Å². The number of rotatable bonds is 4. The van der Waals surface area contributed by atoms with Crippen LogP contribution in [0.15, 0.2) is 27.6 Å². The molecule has 1 aromatic rings. The monoisotopic (exact) mass is 349 g/mol. The number of hydrogen-bond donors (Lipinski definition) is 1. The fourth-order valence-electron chi connectivity index (χ4n) is 1.95. The summed E-state index contributed by atoms with van der Waals surface area (Å²) in [7, 11) is -3.39. The number of halogens is 1. The zero-order chi connectivity index (χ0) is 13.2. The van der Waals surface area contributed by atoms with Gasteiger partial charge in [0.2, 0.25) is 10.0 Å². The number of nitrogens with one attached hydrogen (secondary N) is 1. The van der Waals surface area contributed by atoms with Crippen molar-refractivity contribution < 1.29 is 8.42 Å². The van der Waals surface area contributed by atoms with Gasteiger partial charge in [-0.3, -0.25) is 0 Å². The Morgan fingerprint density at radius 1 is 1.50 bits per heavy atom. The molecule has 1 aliphatic rings. The van der Waals surface area contributed by atoms with E-state index < -0.39 is 10.0 Å². The molecule has 1 aromatic carbocycles. The summed E-state index contributed by atoms with van der Waals surface area (Å²) in [5.41, 5.74) is 0.768. The highest BCUT2D eigenvalue weighted by Crippen LogP contribution is 2.26. The van der Waals surface area contributed by atoms with Crippen molar-refractivity contribution in [2.45, 2.75) is 29.9 Å². The third-order valence-corrected chi connectivity index (χ3v) is 6.42. The van der Waals surface area contributed by atoms with Crippen molar-refractivity contribution in [1.29, 1.82) is 0 Å². The molecule has 1 N–H and O–H groups in total. The van der Waals surface area contributed by atoms with Crippen molar-refractivity contribution in [3.8, 4) is 0 Å². The minimum Gasteiger partial charge on any atom is -0.210 e. The molecule has 0 radical (unpaired) electrons. The minimum atomic E-state index is -3.39. The molecular formula is C12H16BrNO2S2. The van der Waals surface area contributed by atoms with E-state index in [0.717, 1.165) is 22.2 Å². The maximum absolute atomic E-state index is 12.2. The third kappa shape index (κ3) is 3.50. The minimum absolute atomic E-state index is 0.361. The van der Waals surface area contributed by atoms with E-state index in [1.165, 1.54) is 6.42 Å². The Morgan fingerprint density at radius 3 is 2.94 bits per heavy atom. The summed E-state index contributed by atoms with van der Waals surface area (Å²) in [5.74, 6) is 1.14. The van der Waals surface area contributed by atoms with E-state index in [4.69, 9.17) is 0 Å². The van der Waals surface area contributed by atoms with E-state index in [2.05, 4.69) is 20.7 Å². The molecule has 1 aliphatic heterocycles. The summed E-state index contributed by atoms with van der Waals surface area (Å²) >= 11 is 5.16. The van der Waals surface area contributed by atoms with Gasteiger partial charge in [0.1, 0.15) is 0 Å². The molecule has 0 amide bonds. The van der Waals surface area contributed by atoms with Crippen LogP contribution in [0.4, 0.5) is 0 Å². The van der Waals surface area contributed by atoms with Crippen molar-refractivity contribution in [1.82, 2.24) is 4.72 Å². The van der Waals surface area contributed by atoms with Gasteiger partial charge < -0.3 is 0 Å². The normalized spacial score (nSPS) is 20.2. The predicted molar refractivity (Wildman–Crippen MR) is 79.5 cm³/mol. The van der Waals surface area contributed by atoms with Gasteiger partial charge in [0, 0.05) is 16.3 Å². The van der Waals surface area contributed by atoms with Crippen LogP contribution in [0.2, 0.25) is 0 Å². The number of sulfonamides is 1. The molecule has 1 fully saturated rings. The first-order valence-electron chi connectivity index (χ1n) is 5.86.